The van der Waals surface area contributed by atoms with Crippen molar-refractivity contribution in [2.45, 2.75) is 30.6 Å². The second-order valence-electron chi connectivity index (χ2n) is 8.51. The molecule has 1 aromatic carbocycles. The first-order chi connectivity index (χ1) is 16.1. The molecule has 2 aromatic heterocycles. The van der Waals surface area contributed by atoms with Crippen molar-refractivity contribution < 1.29 is 13.2 Å². The van der Waals surface area contributed by atoms with Crippen LogP contribution in [0.25, 0.3) is 10.9 Å². The highest BCUT2D eigenvalue weighted by Crippen LogP contribution is 2.29. The third-order valence-corrected chi connectivity index (χ3v) is 9.35. The summed E-state index contributed by atoms with van der Waals surface area (Å²) in [5, 5.41) is 4.01. The summed E-state index contributed by atoms with van der Waals surface area (Å²) in [5.74, 6) is 0.704. The SMILES string of the molecule is CC(C)[C@H](Nc1nc(CN2CCN(S(=O)(=O)c3ccc(Cl)s3)CC2)nc2ccccc12)C(N)=O. The number of nitrogens with two attached hydrogens (primary N) is 1. The Bertz CT molecular complexity index is 1290. The van der Waals surface area contributed by atoms with E-state index in [2.05, 4.69) is 10.2 Å². The Kier molecular flexibility index (Phi) is 7.39. The molecule has 1 atom stereocenters. The van der Waals surface area contributed by atoms with Crippen molar-refractivity contribution in [3.8, 4) is 0 Å². The fraction of sp³-hybridized carbons (Fsp3) is 0.409. The highest BCUT2D eigenvalue weighted by atomic mass is 35.5. The van der Waals surface area contributed by atoms with Crippen LogP contribution in [0.1, 0.15) is 19.7 Å². The number of benzene rings is 1. The van der Waals surface area contributed by atoms with Crippen molar-refractivity contribution in [3.05, 3.63) is 46.6 Å². The molecule has 0 bridgehead atoms. The zero-order valence-corrected chi connectivity index (χ0v) is 21.3. The average molecular weight is 523 g/mol. The van der Waals surface area contributed by atoms with Gasteiger partial charge in [-0.25, -0.2) is 18.4 Å². The number of nitrogens with one attached hydrogen (secondary N) is 1. The molecule has 0 spiro atoms. The molecule has 182 valence electrons. The first kappa shape index (κ1) is 24.8. The van der Waals surface area contributed by atoms with E-state index < -0.39 is 22.0 Å². The first-order valence-electron chi connectivity index (χ1n) is 10.9. The molecule has 4 rings (SSSR count). The van der Waals surface area contributed by atoms with Crippen molar-refractivity contribution in [1.29, 1.82) is 0 Å². The molecule has 0 unspecified atom stereocenters. The number of carbonyl (C=O) groups excluding carboxylic acids is 1. The summed E-state index contributed by atoms with van der Waals surface area (Å²) in [6.07, 6.45) is 0. The van der Waals surface area contributed by atoms with Crippen molar-refractivity contribution >= 4 is 55.6 Å². The zero-order chi connectivity index (χ0) is 24.5. The molecular formula is C22H27ClN6O3S2. The molecule has 3 N–H and O–H groups in total. The number of amides is 1. The molecule has 3 heterocycles. The summed E-state index contributed by atoms with van der Waals surface area (Å²) in [5.41, 5.74) is 6.36. The van der Waals surface area contributed by atoms with Crippen LogP contribution in [0.3, 0.4) is 0 Å². The maximum absolute atomic E-state index is 12.9. The molecule has 12 heteroatoms. The number of aromatic nitrogens is 2. The van der Waals surface area contributed by atoms with Gasteiger partial charge in [0.1, 0.15) is 21.9 Å². The molecule has 1 saturated heterocycles. The molecule has 34 heavy (non-hydrogen) atoms. The van der Waals surface area contributed by atoms with Gasteiger partial charge < -0.3 is 11.1 Å². The van der Waals surface area contributed by atoms with Gasteiger partial charge in [-0.05, 0) is 30.2 Å². The lowest BCUT2D eigenvalue weighted by Crippen LogP contribution is -2.48. The number of piperazine rings is 1. The second-order valence-corrected chi connectivity index (χ2v) is 12.4. The van der Waals surface area contributed by atoms with Gasteiger partial charge >= 0.3 is 0 Å². The standard InChI is InChI=1S/C22H27ClN6O3S2/c1-14(2)20(21(24)30)27-22-15-5-3-4-6-16(15)25-18(26-22)13-28-9-11-29(12-10-28)34(31,32)19-8-7-17(23)33-19/h3-8,14,20H,9-13H2,1-2H3,(H2,24,30)(H,25,26,27)/t20-/m0/s1. The average Bonchev–Trinajstić information content (AvgIpc) is 3.24. The molecule has 9 nitrogen and oxygen atoms in total. The molecule has 1 amide bonds. The number of para-hydroxylation sites is 1. The third-order valence-electron chi connectivity index (χ3n) is 5.75. The molecular weight excluding hydrogens is 496 g/mol. The van der Waals surface area contributed by atoms with Crippen LogP contribution in [0.2, 0.25) is 4.34 Å². The Balaban J connectivity index is 1.50. The predicted molar refractivity (Wildman–Crippen MR) is 134 cm³/mol. The van der Waals surface area contributed by atoms with Crippen molar-refractivity contribution in [2.24, 2.45) is 11.7 Å². The number of hydrogen-bond donors (Lipinski definition) is 2. The van der Waals surface area contributed by atoms with Crippen LogP contribution < -0.4 is 11.1 Å². The monoisotopic (exact) mass is 522 g/mol. The van der Waals surface area contributed by atoms with E-state index in [4.69, 9.17) is 27.3 Å². The summed E-state index contributed by atoms with van der Waals surface area (Å²) in [7, 11) is -3.55. The van der Waals surface area contributed by atoms with Gasteiger partial charge in [0.15, 0.2) is 0 Å². The van der Waals surface area contributed by atoms with E-state index in [9.17, 15) is 13.2 Å². The van der Waals surface area contributed by atoms with E-state index in [-0.39, 0.29) is 10.1 Å². The van der Waals surface area contributed by atoms with E-state index in [1.54, 1.807) is 12.1 Å². The van der Waals surface area contributed by atoms with Gasteiger partial charge in [0, 0.05) is 31.6 Å². The topological polar surface area (TPSA) is 122 Å². The summed E-state index contributed by atoms with van der Waals surface area (Å²) >= 11 is 6.99. The number of nitrogens with zero attached hydrogens (tertiary/aromatic N) is 4. The van der Waals surface area contributed by atoms with E-state index in [0.717, 1.165) is 22.2 Å². The minimum absolute atomic E-state index is 0.0112. The lowest BCUT2D eigenvalue weighted by atomic mass is 10.0. The zero-order valence-electron chi connectivity index (χ0n) is 18.9. The maximum Gasteiger partial charge on any atom is 0.252 e. The summed E-state index contributed by atoms with van der Waals surface area (Å²) in [6.45, 7) is 6.14. The number of rotatable bonds is 8. The lowest BCUT2D eigenvalue weighted by molar-refractivity contribution is -0.119. The fourth-order valence-corrected chi connectivity index (χ4v) is 6.97. The van der Waals surface area contributed by atoms with Gasteiger partial charge in [0.05, 0.1) is 16.4 Å². The van der Waals surface area contributed by atoms with Crippen LogP contribution in [0.4, 0.5) is 5.82 Å². The largest absolute Gasteiger partial charge is 0.368 e. The normalized spacial score (nSPS) is 16.7. The lowest BCUT2D eigenvalue weighted by Gasteiger charge is -2.33. The number of halogens is 1. The Morgan fingerprint density at radius 3 is 2.47 bits per heavy atom. The van der Waals surface area contributed by atoms with Crippen LogP contribution in [0.15, 0.2) is 40.6 Å². The Morgan fingerprint density at radius 1 is 1.15 bits per heavy atom. The summed E-state index contributed by atoms with van der Waals surface area (Å²) < 4.78 is 27.9. The van der Waals surface area contributed by atoms with Gasteiger partial charge in [0.2, 0.25) is 5.91 Å². The van der Waals surface area contributed by atoms with Gasteiger partial charge in [0.25, 0.3) is 10.0 Å². The minimum atomic E-state index is -3.55. The van der Waals surface area contributed by atoms with Crippen molar-refractivity contribution in [3.63, 3.8) is 0 Å². The quantitative estimate of drug-likeness (QED) is 0.466. The third kappa shape index (κ3) is 5.33. The van der Waals surface area contributed by atoms with E-state index >= 15 is 0 Å². The fourth-order valence-electron chi connectivity index (χ4n) is 3.91. The molecule has 1 fully saturated rings. The Hall–Kier alpha value is -2.31. The Morgan fingerprint density at radius 2 is 1.85 bits per heavy atom. The highest BCUT2D eigenvalue weighted by Gasteiger charge is 2.30. The summed E-state index contributed by atoms with van der Waals surface area (Å²) in [6, 6.07) is 10.2. The number of primary amides is 1. The smallest absolute Gasteiger partial charge is 0.252 e. The highest BCUT2D eigenvalue weighted by molar-refractivity contribution is 7.91. The van der Waals surface area contributed by atoms with Gasteiger partial charge in [-0.1, -0.05) is 37.6 Å². The van der Waals surface area contributed by atoms with Crippen molar-refractivity contribution in [2.75, 3.05) is 31.5 Å². The number of thiophene rings is 1. The number of hydrogen-bond acceptors (Lipinski definition) is 8. The van der Waals surface area contributed by atoms with Crippen LogP contribution in [0.5, 0.6) is 0 Å². The van der Waals surface area contributed by atoms with Gasteiger partial charge in [-0.15, -0.1) is 11.3 Å². The number of carbonyl (C=O) groups is 1. The second kappa shape index (κ2) is 10.1. The van der Waals surface area contributed by atoms with E-state index in [1.807, 2.05) is 38.1 Å². The molecule has 0 saturated carbocycles. The molecule has 0 radical (unpaired) electrons. The Labute approximate surface area is 208 Å². The first-order valence-corrected chi connectivity index (χ1v) is 13.6. The number of fused-ring (bicyclic) bond motifs is 1. The number of anilines is 1. The minimum Gasteiger partial charge on any atom is -0.368 e. The number of sulfonamides is 1. The van der Waals surface area contributed by atoms with Crippen LogP contribution in [-0.2, 0) is 21.4 Å². The van der Waals surface area contributed by atoms with Crippen LogP contribution in [-0.4, -0.2) is 65.7 Å². The van der Waals surface area contributed by atoms with Gasteiger partial charge in [-0.2, -0.15) is 4.31 Å². The molecule has 1 aliphatic rings. The van der Waals surface area contributed by atoms with E-state index in [0.29, 0.717) is 48.7 Å². The van der Waals surface area contributed by atoms with Gasteiger partial charge in [-0.3, -0.25) is 9.69 Å². The maximum atomic E-state index is 12.9. The van der Waals surface area contributed by atoms with Crippen LogP contribution >= 0.6 is 22.9 Å². The molecule has 0 aliphatic carbocycles. The van der Waals surface area contributed by atoms with Crippen LogP contribution in [0, 0.1) is 5.92 Å². The molecule has 1 aliphatic heterocycles. The van der Waals surface area contributed by atoms with E-state index in [1.165, 1.54) is 4.31 Å². The predicted octanol–water partition coefficient (Wildman–Crippen LogP) is 2.77. The van der Waals surface area contributed by atoms with Crippen molar-refractivity contribution in [1.82, 2.24) is 19.2 Å². The summed E-state index contributed by atoms with van der Waals surface area (Å²) in [4.78, 5) is 23.5. The molecule has 3 aromatic rings.